The number of rotatable bonds is 10. The lowest BCUT2D eigenvalue weighted by atomic mass is 10.1. The molecule has 0 amide bonds. The van der Waals surface area contributed by atoms with Gasteiger partial charge < -0.3 is 14.7 Å². The molecular weight excluding hydrogens is 234 g/mol. The molecule has 1 unspecified atom stereocenters. The first-order valence-corrected chi connectivity index (χ1v) is 6.73. The summed E-state index contributed by atoms with van der Waals surface area (Å²) in [6.45, 7) is 8.22. The van der Waals surface area contributed by atoms with Gasteiger partial charge in [0.1, 0.15) is 6.42 Å². The Morgan fingerprint density at radius 1 is 0.944 bits per heavy atom. The van der Waals surface area contributed by atoms with Crippen LogP contribution in [0.4, 0.5) is 0 Å². The number of hydrogen-bond donors (Lipinski definition) is 2. The lowest BCUT2D eigenvalue weighted by Crippen LogP contribution is -2.60. The predicted molar refractivity (Wildman–Crippen MR) is 69.4 cm³/mol. The highest BCUT2D eigenvalue weighted by Crippen LogP contribution is 2.21. The van der Waals surface area contributed by atoms with Crippen LogP contribution in [0.1, 0.15) is 46.5 Å². The van der Waals surface area contributed by atoms with Crippen LogP contribution in [-0.2, 0) is 9.59 Å². The second kappa shape index (κ2) is 8.08. The molecule has 2 N–H and O–H groups in total. The maximum atomic E-state index is 11.4. The zero-order valence-electron chi connectivity index (χ0n) is 11.7. The largest absolute Gasteiger partial charge is 0.481 e. The van der Waals surface area contributed by atoms with E-state index in [2.05, 4.69) is 0 Å². The van der Waals surface area contributed by atoms with Crippen LogP contribution in [0.15, 0.2) is 0 Å². The van der Waals surface area contributed by atoms with Crippen molar-refractivity contribution in [2.45, 2.75) is 52.5 Å². The van der Waals surface area contributed by atoms with Gasteiger partial charge in [0.15, 0.2) is 6.04 Å². The van der Waals surface area contributed by atoms with E-state index in [1.54, 1.807) is 0 Å². The summed E-state index contributed by atoms with van der Waals surface area (Å²) in [6, 6.07) is -0.831. The van der Waals surface area contributed by atoms with Crippen LogP contribution in [0.3, 0.4) is 0 Å². The Kier molecular flexibility index (Phi) is 7.59. The van der Waals surface area contributed by atoms with E-state index in [1.807, 2.05) is 20.8 Å². The van der Waals surface area contributed by atoms with Gasteiger partial charge in [0.25, 0.3) is 0 Å². The van der Waals surface area contributed by atoms with Gasteiger partial charge in [-0.2, -0.15) is 0 Å². The van der Waals surface area contributed by atoms with Gasteiger partial charge in [0, 0.05) is 0 Å². The number of carbonyl (C=O) groups is 2. The molecule has 0 aliphatic rings. The third-order valence-electron chi connectivity index (χ3n) is 3.32. The predicted octanol–water partition coefficient (Wildman–Crippen LogP) is 1.96. The van der Waals surface area contributed by atoms with E-state index < -0.39 is 18.0 Å². The molecule has 0 aliphatic carbocycles. The first-order valence-electron chi connectivity index (χ1n) is 6.73. The van der Waals surface area contributed by atoms with Crippen LogP contribution in [0, 0.1) is 0 Å². The van der Waals surface area contributed by atoms with Gasteiger partial charge in [-0.3, -0.25) is 4.79 Å². The molecule has 0 saturated heterocycles. The molecule has 1 atom stereocenters. The summed E-state index contributed by atoms with van der Waals surface area (Å²) >= 11 is 0. The van der Waals surface area contributed by atoms with E-state index >= 15 is 0 Å². The Balaban J connectivity index is 5.27. The zero-order chi connectivity index (χ0) is 14.2. The number of quaternary nitrogens is 1. The summed E-state index contributed by atoms with van der Waals surface area (Å²) in [4.78, 5) is 22.3. The van der Waals surface area contributed by atoms with E-state index in [1.165, 1.54) is 0 Å². The first-order chi connectivity index (χ1) is 8.43. The van der Waals surface area contributed by atoms with Crippen LogP contribution in [0.5, 0.6) is 0 Å². The topological polar surface area (TPSA) is 74.6 Å². The molecule has 0 aliphatic heterocycles. The molecule has 0 rings (SSSR count). The maximum absolute atomic E-state index is 11.4. The highest BCUT2D eigenvalue weighted by Gasteiger charge is 2.41. The van der Waals surface area contributed by atoms with Gasteiger partial charge in [-0.1, -0.05) is 20.8 Å². The number of nitrogens with zero attached hydrogens (tertiary/aromatic N) is 1. The van der Waals surface area contributed by atoms with Crippen molar-refractivity contribution in [1.82, 2.24) is 0 Å². The molecule has 0 heterocycles. The van der Waals surface area contributed by atoms with E-state index in [0.717, 1.165) is 38.9 Å². The SMILES string of the molecule is CCC[N+](CCC)(CCC)C(CC(=O)O)C(=O)O. The molecule has 18 heavy (non-hydrogen) atoms. The van der Waals surface area contributed by atoms with E-state index in [4.69, 9.17) is 5.11 Å². The molecule has 0 fully saturated rings. The highest BCUT2D eigenvalue weighted by molar-refractivity contribution is 5.79. The van der Waals surface area contributed by atoms with Crippen molar-refractivity contribution in [2.24, 2.45) is 0 Å². The Morgan fingerprint density at radius 3 is 1.56 bits per heavy atom. The van der Waals surface area contributed by atoms with E-state index in [0.29, 0.717) is 4.48 Å². The summed E-state index contributed by atoms with van der Waals surface area (Å²) in [5.74, 6) is -2.03. The van der Waals surface area contributed by atoms with Crippen molar-refractivity contribution in [1.29, 1.82) is 0 Å². The second-order valence-electron chi connectivity index (χ2n) is 4.84. The van der Waals surface area contributed by atoms with Gasteiger partial charge in [-0.15, -0.1) is 0 Å². The molecule has 0 aromatic carbocycles. The molecule has 5 heteroatoms. The minimum Gasteiger partial charge on any atom is -0.481 e. The average Bonchev–Trinajstić information content (AvgIpc) is 2.26. The first kappa shape index (κ1) is 16.9. The lowest BCUT2D eigenvalue weighted by Gasteiger charge is -2.42. The van der Waals surface area contributed by atoms with Crippen molar-refractivity contribution in [3.8, 4) is 0 Å². The Morgan fingerprint density at radius 2 is 1.33 bits per heavy atom. The minimum absolute atomic E-state index is 0.296. The van der Waals surface area contributed by atoms with Gasteiger partial charge in [-0.25, -0.2) is 4.79 Å². The van der Waals surface area contributed by atoms with Gasteiger partial charge in [0.05, 0.1) is 19.6 Å². The summed E-state index contributed by atoms with van der Waals surface area (Å²) in [6.07, 6.45) is 2.30. The zero-order valence-corrected chi connectivity index (χ0v) is 11.7. The molecule has 106 valence electrons. The summed E-state index contributed by atoms with van der Waals surface area (Å²) < 4.78 is 0.394. The molecule has 0 saturated carbocycles. The van der Waals surface area contributed by atoms with E-state index in [9.17, 15) is 14.7 Å². The summed E-state index contributed by atoms with van der Waals surface area (Å²) in [5, 5.41) is 18.3. The normalized spacial score (nSPS) is 13.3. The third-order valence-corrected chi connectivity index (χ3v) is 3.32. The number of carboxylic acid groups (broad SMARTS) is 2. The maximum Gasteiger partial charge on any atom is 0.363 e. The molecule has 0 spiro atoms. The summed E-state index contributed by atoms with van der Waals surface area (Å²) in [5.41, 5.74) is 0. The Bertz CT molecular complexity index is 261. The molecule has 5 nitrogen and oxygen atoms in total. The fourth-order valence-electron chi connectivity index (χ4n) is 2.82. The van der Waals surface area contributed by atoms with Gasteiger partial charge in [-0.05, 0) is 19.3 Å². The van der Waals surface area contributed by atoms with Crippen LogP contribution in [0.25, 0.3) is 0 Å². The molecular formula is C13H26NO4+. The highest BCUT2D eigenvalue weighted by atomic mass is 16.4. The van der Waals surface area contributed by atoms with E-state index in [-0.39, 0.29) is 6.42 Å². The smallest absolute Gasteiger partial charge is 0.363 e. The lowest BCUT2D eigenvalue weighted by molar-refractivity contribution is -0.943. The minimum atomic E-state index is -1.03. The van der Waals surface area contributed by atoms with Crippen LogP contribution in [-0.4, -0.2) is 52.3 Å². The molecule has 0 aromatic heterocycles. The fourth-order valence-corrected chi connectivity index (χ4v) is 2.82. The van der Waals surface area contributed by atoms with Crippen LogP contribution < -0.4 is 0 Å². The number of hydrogen-bond acceptors (Lipinski definition) is 2. The number of aliphatic carboxylic acids is 2. The van der Waals surface area contributed by atoms with Crippen LogP contribution in [0.2, 0.25) is 0 Å². The molecule has 0 bridgehead atoms. The van der Waals surface area contributed by atoms with Crippen molar-refractivity contribution in [2.75, 3.05) is 19.6 Å². The monoisotopic (exact) mass is 260 g/mol. The Hall–Kier alpha value is -1.10. The summed E-state index contributed by atoms with van der Waals surface area (Å²) in [7, 11) is 0. The van der Waals surface area contributed by atoms with Crippen molar-refractivity contribution in [3.63, 3.8) is 0 Å². The van der Waals surface area contributed by atoms with Gasteiger partial charge >= 0.3 is 11.9 Å². The Labute approximate surface area is 109 Å². The standard InChI is InChI=1S/C13H25NO4/c1-4-7-14(8-5-2,9-6-3)11(13(17)18)10-12(15)16/h11H,4-10H2,1-3H3,(H-,15,16,17,18)/p+1. The van der Waals surface area contributed by atoms with Crippen molar-refractivity contribution < 1.29 is 24.3 Å². The average molecular weight is 260 g/mol. The van der Waals surface area contributed by atoms with Gasteiger partial charge in [0.2, 0.25) is 0 Å². The number of carboxylic acids is 2. The van der Waals surface area contributed by atoms with Crippen molar-refractivity contribution in [3.05, 3.63) is 0 Å². The fraction of sp³-hybridized carbons (Fsp3) is 0.846. The quantitative estimate of drug-likeness (QED) is 0.589. The van der Waals surface area contributed by atoms with Crippen molar-refractivity contribution >= 4 is 11.9 Å². The molecule has 0 radical (unpaired) electrons. The molecule has 0 aromatic rings. The third kappa shape index (κ3) is 4.64. The van der Waals surface area contributed by atoms with Crippen LogP contribution >= 0.6 is 0 Å². The second-order valence-corrected chi connectivity index (χ2v) is 4.84.